The lowest BCUT2D eigenvalue weighted by molar-refractivity contribution is 0.957. The molecule has 0 N–H and O–H groups in total. The summed E-state index contributed by atoms with van der Waals surface area (Å²) in [6.45, 7) is 0. The van der Waals surface area contributed by atoms with Crippen LogP contribution in [-0.2, 0) is 0 Å². The van der Waals surface area contributed by atoms with Gasteiger partial charge in [-0.3, -0.25) is 0 Å². The third kappa shape index (κ3) is 3.94. The number of allylic oxidation sites excluding steroid dienone is 2. The van der Waals surface area contributed by atoms with Gasteiger partial charge in [0, 0.05) is 22.3 Å². The third-order valence-electron chi connectivity index (χ3n) is 5.27. The first kappa shape index (κ1) is 19.5. The summed E-state index contributed by atoms with van der Waals surface area (Å²) in [5.41, 5.74) is 7.43. The molecule has 0 fully saturated rings. The third-order valence-corrected chi connectivity index (χ3v) is 5.27. The van der Waals surface area contributed by atoms with E-state index < -0.39 is 0 Å². The first-order valence-corrected chi connectivity index (χ1v) is 10.4. The molecule has 4 aromatic carbocycles. The highest BCUT2D eigenvalue weighted by atomic mass is 15.5. The van der Waals surface area contributed by atoms with Crippen LogP contribution in [0.5, 0.6) is 0 Å². The number of benzene rings is 4. The van der Waals surface area contributed by atoms with E-state index in [1.54, 1.807) is 0 Å². The Labute approximate surface area is 187 Å². The molecule has 0 radical (unpaired) electrons. The van der Waals surface area contributed by atoms with E-state index in [0.717, 1.165) is 44.8 Å². The molecule has 32 heavy (non-hydrogen) atoms. The highest BCUT2D eigenvalue weighted by Gasteiger charge is 2.24. The van der Waals surface area contributed by atoms with Gasteiger partial charge in [-0.2, -0.15) is 0 Å². The summed E-state index contributed by atoms with van der Waals surface area (Å²) in [5, 5.41) is 17.2. The minimum atomic E-state index is 0.753. The second kappa shape index (κ2) is 9.14. The van der Waals surface area contributed by atoms with E-state index in [0.29, 0.717) is 0 Å². The minimum Gasteiger partial charge on any atom is -0.128 e. The molecule has 0 aliphatic carbocycles. The zero-order valence-corrected chi connectivity index (χ0v) is 17.3. The van der Waals surface area contributed by atoms with Crippen molar-refractivity contribution in [3.63, 3.8) is 0 Å². The zero-order valence-electron chi connectivity index (χ0n) is 17.3. The maximum atomic E-state index is 4.53. The molecule has 4 heteroatoms. The SMILES string of the molecule is c1ccc(C2=N/N=N\N=C(c3ccccc3)/C(c3ccccc3)=C\2c2ccccc2)cc1. The van der Waals surface area contributed by atoms with Crippen molar-refractivity contribution in [1.82, 2.24) is 0 Å². The van der Waals surface area contributed by atoms with Gasteiger partial charge in [0.25, 0.3) is 0 Å². The summed E-state index contributed by atoms with van der Waals surface area (Å²) in [6.07, 6.45) is 0. The molecule has 1 heterocycles. The number of rotatable bonds is 4. The van der Waals surface area contributed by atoms with Crippen LogP contribution in [0.2, 0.25) is 0 Å². The molecular formula is C28H20N4. The van der Waals surface area contributed by atoms with Crippen LogP contribution in [0, 0.1) is 0 Å². The van der Waals surface area contributed by atoms with Crippen molar-refractivity contribution in [1.29, 1.82) is 0 Å². The Balaban J connectivity index is 1.89. The molecule has 0 saturated heterocycles. The van der Waals surface area contributed by atoms with E-state index in [9.17, 15) is 0 Å². The first-order chi connectivity index (χ1) is 15.9. The molecule has 152 valence electrons. The summed E-state index contributed by atoms with van der Waals surface area (Å²) in [7, 11) is 0. The van der Waals surface area contributed by atoms with Crippen molar-refractivity contribution in [3.05, 3.63) is 144 Å². The molecule has 0 amide bonds. The Bertz CT molecular complexity index is 1220. The van der Waals surface area contributed by atoms with Crippen LogP contribution in [-0.4, -0.2) is 11.4 Å². The lowest BCUT2D eigenvalue weighted by Gasteiger charge is -2.20. The highest BCUT2D eigenvalue weighted by Crippen LogP contribution is 2.34. The molecule has 4 nitrogen and oxygen atoms in total. The molecule has 0 aromatic heterocycles. The second-order valence-corrected chi connectivity index (χ2v) is 7.29. The van der Waals surface area contributed by atoms with E-state index in [-0.39, 0.29) is 0 Å². The summed E-state index contributed by atoms with van der Waals surface area (Å²) >= 11 is 0. The average Bonchev–Trinajstić information content (AvgIpc) is 2.86. The van der Waals surface area contributed by atoms with Gasteiger partial charge in [0.15, 0.2) is 0 Å². The largest absolute Gasteiger partial charge is 0.128 e. The van der Waals surface area contributed by atoms with Crippen LogP contribution in [0.1, 0.15) is 22.3 Å². The fourth-order valence-corrected chi connectivity index (χ4v) is 3.83. The van der Waals surface area contributed by atoms with Crippen LogP contribution >= 0.6 is 0 Å². The van der Waals surface area contributed by atoms with Gasteiger partial charge in [0.1, 0.15) is 11.4 Å². The normalized spacial score (nSPS) is 20.2. The van der Waals surface area contributed by atoms with Crippen molar-refractivity contribution < 1.29 is 0 Å². The average molecular weight is 412 g/mol. The number of hydrogen-bond acceptors (Lipinski definition) is 4. The lowest BCUT2D eigenvalue weighted by atomic mass is 9.84. The topological polar surface area (TPSA) is 49.4 Å². The van der Waals surface area contributed by atoms with Crippen LogP contribution in [0.15, 0.2) is 142 Å². The molecule has 0 spiro atoms. The smallest absolute Gasteiger partial charge is 0.103 e. The molecular weight excluding hydrogens is 392 g/mol. The lowest BCUT2D eigenvalue weighted by Crippen LogP contribution is -2.14. The molecule has 1 aliphatic heterocycles. The van der Waals surface area contributed by atoms with E-state index in [2.05, 4.69) is 44.9 Å². The Morgan fingerprint density at radius 2 is 0.594 bits per heavy atom. The van der Waals surface area contributed by atoms with Crippen molar-refractivity contribution in [3.8, 4) is 0 Å². The monoisotopic (exact) mass is 412 g/mol. The fourth-order valence-electron chi connectivity index (χ4n) is 3.83. The summed E-state index contributed by atoms with van der Waals surface area (Å²) < 4.78 is 0. The maximum Gasteiger partial charge on any atom is 0.103 e. The zero-order chi connectivity index (χ0) is 21.6. The van der Waals surface area contributed by atoms with Crippen molar-refractivity contribution >= 4 is 22.6 Å². The van der Waals surface area contributed by atoms with Crippen LogP contribution in [0.3, 0.4) is 0 Å². The standard InChI is InChI=1S/C28H20N4/c1-5-13-21(14-6-1)25-26(22-15-7-2-8-16-22)28(24-19-11-4-12-20-24)30-32-31-29-27(25)23-17-9-3-10-18-23/h1-20H/b26-25-,27-25?,28-26?,29-27-,30-28-,31-29?,32-30?,32-31-. The van der Waals surface area contributed by atoms with Crippen molar-refractivity contribution in [2.45, 2.75) is 0 Å². The Morgan fingerprint density at radius 3 is 0.906 bits per heavy atom. The number of hydrogen-bond donors (Lipinski definition) is 0. The summed E-state index contributed by atoms with van der Waals surface area (Å²) in [6, 6.07) is 40.7. The number of nitrogens with zero attached hydrogens (tertiary/aromatic N) is 4. The van der Waals surface area contributed by atoms with Crippen molar-refractivity contribution in [2.75, 3.05) is 0 Å². The molecule has 1 aliphatic rings. The Kier molecular flexibility index (Phi) is 5.58. The fraction of sp³-hybridized carbons (Fsp3) is 0. The predicted molar refractivity (Wildman–Crippen MR) is 131 cm³/mol. The molecule has 5 rings (SSSR count). The summed E-state index contributed by atoms with van der Waals surface area (Å²) in [4.78, 5) is 0. The van der Waals surface area contributed by atoms with Gasteiger partial charge in [-0.1, -0.05) is 121 Å². The van der Waals surface area contributed by atoms with Gasteiger partial charge in [-0.05, 0) is 21.6 Å². The van der Waals surface area contributed by atoms with E-state index in [4.69, 9.17) is 0 Å². The van der Waals surface area contributed by atoms with Gasteiger partial charge < -0.3 is 0 Å². The van der Waals surface area contributed by atoms with Crippen molar-refractivity contribution in [2.24, 2.45) is 20.6 Å². The second-order valence-electron chi connectivity index (χ2n) is 7.29. The molecule has 0 saturated carbocycles. The molecule has 0 unspecified atom stereocenters. The van der Waals surface area contributed by atoms with E-state index >= 15 is 0 Å². The first-order valence-electron chi connectivity index (χ1n) is 10.4. The van der Waals surface area contributed by atoms with Crippen LogP contribution in [0.25, 0.3) is 11.1 Å². The molecule has 0 atom stereocenters. The quantitative estimate of drug-likeness (QED) is 0.351. The minimum absolute atomic E-state index is 0.753. The maximum absolute atomic E-state index is 4.53. The van der Waals surface area contributed by atoms with Gasteiger partial charge in [0.05, 0.1) is 0 Å². The van der Waals surface area contributed by atoms with E-state index in [1.807, 2.05) is 97.1 Å². The van der Waals surface area contributed by atoms with Gasteiger partial charge in [0.2, 0.25) is 0 Å². The van der Waals surface area contributed by atoms with Gasteiger partial charge in [-0.25, -0.2) is 0 Å². The predicted octanol–water partition coefficient (Wildman–Crippen LogP) is 6.87. The van der Waals surface area contributed by atoms with Crippen LogP contribution < -0.4 is 0 Å². The van der Waals surface area contributed by atoms with Gasteiger partial charge in [-0.15, -0.1) is 10.2 Å². The summed E-state index contributed by atoms with van der Waals surface area (Å²) in [5.74, 6) is 0. The highest BCUT2D eigenvalue weighted by molar-refractivity contribution is 6.49. The Hall–Kier alpha value is -4.44. The van der Waals surface area contributed by atoms with E-state index in [1.165, 1.54) is 0 Å². The molecule has 4 aromatic rings. The molecule has 0 bridgehead atoms. The van der Waals surface area contributed by atoms with Crippen LogP contribution in [0.4, 0.5) is 0 Å². The Morgan fingerprint density at radius 1 is 0.312 bits per heavy atom. The van der Waals surface area contributed by atoms with Gasteiger partial charge >= 0.3 is 0 Å².